The highest BCUT2D eigenvalue weighted by atomic mass is 35.5. The van der Waals surface area contributed by atoms with Crippen LogP contribution < -0.4 is 10.6 Å². The first-order valence-electron chi connectivity index (χ1n) is 9.13. The summed E-state index contributed by atoms with van der Waals surface area (Å²) in [5.41, 5.74) is -3.39. The van der Waals surface area contributed by atoms with Gasteiger partial charge in [-0.25, -0.2) is 4.79 Å². The Morgan fingerprint density at radius 3 is 2.42 bits per heavy atom. The molecule has 2 rings (SSSR count). The van der Waals surface area contributed by atoms with Gasteiger partial charge < -0.3 is 15.4 Å². The quantitative estimate of drug-likeness (QED) is 0.445. The second-order valence-electron chi connectivity index (χ2n) is 6.33. The number of nitrogens with zero attached hydrogens (tertiary/aromatic N) is 1. The normalized spacial score (nSPS) is 13.1. The van der Waals surface area contributed by atoms with E-state index in [0.29, 0.717) is 16.9 Å². The Labute approximate surface area is 186 Å². The average Bonchev–Trinajstić information content (AvgIpc) is 3.00. The van der Waals surface area contributed by atoms with Crippen molar-refractivity contribution >= 4 is 39.8 Å². The number of carbonyl (C=O) groups excluding carboxylic acids is 2. The summed E-state index contributed by atoms with van der Waals surface area (Å²) in [6.07, 6.45) is -4.93. The molecule has 31 heavy (non-hydrogen) atoms. The van der Waals surface area contributed by atoms with E-state index in [2.05, 4.69) is 10.1 Å². The van der Waals surface area contributed by atoms with Crippen LogP contribution in [-0.2, 0) is 16.0 Å². The maximum absolute atomic E-state index is 14.3. The molecule has 0 aliphatic rings. The van der Waals surface area contributed by atoms with Crippen molar-refractivity contribution in [2.75, 3.05) is 11.9 Å². The van der Waals surface area contributed by atoms with Gasteiger partial charge in [0.05, 0.1) is 22.8 Å². The molecule has 0 fully saturated rings. The van der Waals surface area contributed by atoms with Crippen LogP contribution in [0.25, 0.3) is 0 Å². The van der Waals surface area contributed by atoms with E-state index in [1.165, 1.54) is 31.2 Å². The number of thiophene rings is 1. The van der Waals surface area contributed by atoms with Gasteiger partial charge in [-0.15, -0.1) is 11.3 Å². The number of hydrogen-bond donors (Lipinski definition) is 2. The fourth-order valence-electron chi connectivity index (χ4n) is 2.89. The van der Waals surface area contributed by atoms with E-state index >= 15 is 0 Å². The third-order valence-electron chi connectivity index (χ3n) is 4.40. The first kappa shape index (κ1) is 24.5. The van der Waals surface area contributed by atoms with Gasteiger partial charge in [0, 0.05) is 4.88 Å². The number of halogens is 4. The highest BCUT2D eigenvalue weighted by molar-refractivity contribution is 7.16. The van der Waals surface area contributed by atoms with Crippen LogP contribution in [0.4, 0.5) is 18.2 Å². The summed E-state index contributed by atoms with van der Waals surface area (Å²) in [5.74, 6) is -3.01. The van der Waals surface area contributed by atoms with Crippen LogP contribution in [0.1, 0.15) is 40.2 Å². The van der Waals surface area contributed by atoms with Gasteiger partial charge in [0.15, 0.2) is 0 Å². The van der Waals surface area contributed by atoms with Gasteiger partial charge in [0.2, 0.25) is 0 Å². The van der Waals surface area contributed by atoms with Gasteiger partial charge in [-0.1, -0.05) is 30.7 Å². The SMILES string of the molecule is CCOC(=O)C(NC(=O)c1ccccc1Cl)(Nc1sc(C)c(CC)c1C#N)C(F)(F)F. The van der Waals surface area contributed by atoms with Crippen LogP contribution in [0.2, 0.25) is 5.02 Å². The number of benzene rings is 1. The molecule has 2 N–H and O–H groups in total. The van der Waals surface area contributed by atoms with E-state index in [4.69, 9.17) is 11.6 Å². The molecule has 1 heterocycles. The monoisotopic (exact) mass is 473 g/mol. The van der Waals surface area contributed by atoms with Crippen LogP contribution in [0.15, 0.2) is 24.3 Å². The highest BCUT2D eigenvalue weighted by Crippen LogP contribution is 2.39. The minimum atomic E-state index is -5.33. The Balaban J connectivity index is 2.65. The largest absolute Gasteiger partial charge is 0.463 e. The number of nitrogens with one attached hydrogen (secondary N) is 2. The van der Waals surface area contributed by atoms with E-state index in [-0.39, 0.29) is 27.8 Å². The minimum absolute atomic E-state index is 0.0325. The molecule has 11 heteroatoms. The van der Waals surface area contributed by atoms with Crippen molar-refractivity contribution in [2.24, 2.45) is 0 Å². The zero-order valence-electron chi connectivity index (χ0n) is 16.8. The van der Waals surface area contributed by atoms with Crippen molar-refractivity contribution < 1.29 is 27.5 Å². The molecule has 0 radical (unpaired) electrons. The molecule has 0 bridgehead atoms. The summed E-state index contributed by atoms with van der Waals surface area (Å²) >= 11 is 6.81. The van der Waals surface area contributed by atoms with Crippen molar-refractivity contribution in [3.05, 3.63) is 50.9 Å². The fraction of sp³-hybridized carbons (Fsp3) is 0.350. The first-order valence-corrected chi connectivity index (χ1v) is 10.3. The number of alkyl halides is 3. The number of anilines is 1. The number of rotatable bonds is 7. The Bertz CT molecular complexity index is 1030. The summed E-state index contributed by atoms with van der Waals surface area (Å²) in [6.45, 7) is 4.37. The topological polar surface area (TPSA) is 91.2 Å². The predicted octanol–water partition coefficient (Wildman–Crippen LogP) is 4.81. The summed E-state index contributed by atoms with van der Waals surface area (Å²) in [5, 5.41) is 13.0. The molecule has 1 atom stereocenters. The molecule has 1 aromatic carbocycles. The molecular weight excluding hydrogens is 455 g/mol. The molecule has 0 aliphatic heterocycles. The maximum Gasteiger partial charge on any atom is 0.441 e. The molecule has 2 aromatic rings. The second-order valence-corrected chi connectivity index (χ2v) is 7.97. The smallest absolute Gasteiger partial charge is 0.441 e. The summed E-state index contributed by atoms with van der Waals surface area (Å²) in [6, 6.07) is 7.33. The third-order valence-corrected chi connectivity index (χ3v) is 5.79. The lowest BCUT2D eigenvalue weighted by Crippen LogP contribution is -2.69. The van der Waals surface area contributed by atoms with Crippen molar-refractivity contribution in [1.82, 2.24) is 5.32 Å². The molecular formula is C20H19ClF3N3O3S. The first-order chi connectivity index (χ1) is 14.5. The molecule has 166 valence electrons. The van der Waals surface area contributed by atoms with E-state index in [0.717, 1.165) is 11.3 Å². The average molecular weight is 474 g/mol. The standard InChI is InChI=1S/C20H19ClF3N3O3S/c1-4-12-11(3)31-17(14(12)10-25)27-19(20(22,23)24,18(29)30-5-2)26-16(28)13-8-6-7-9-15(13)21/h6-9,27H,4-5H2,1-3H3,(H,26,28). The van der Waals surface area contributed by atoms with Gasteiger partial charge in [0.25, 0.3) is 5.91 Å². The van der Waals surface area contributed by atoms with E-state index < -0.39 is 23.7 Å². The van der Waals surface area contributed by atoms with Crippen molar-refractivity contribution in [1.29, 1.82) is 5.26 Å². The zero-order chi connectivity index (χ0) is 23.4. The summed E-state index contributed by atoms with van der Waals surface area (Å²) in [4.78, 5) is 25.9. The number of hydrogen-bond acceptors (Lipinski definition) is 6. The Kier molecular flexibility index (Phi) is 7.57. The van der Waals surface area contributed by atoms with Gasteiger partial charge in [0.1, 0.15) is 11.1 Å². The van der Waals surface area contributed by atoms with Crippen LogP contribution in [-0.4, -0.2) is 30.3 Å². The van der Waals surface area contributed by atoms with Crippen molar-refractivity contribution in [3.8, 4) is 6.07 Å². The Hall–Kier alpha value is -2.77. The number of amides is 1. The molecule has 1 unspecified atom stereocenters. The number of esters is 1. The summed E-state index contributed by atoms with van der Waals surface area (Å²) < 4.78 is 47.7. The van der Waals surface area contributed by atoms with Crippen LogP contribution in [0.5, 0.6) is 0 Å². The summed E-state index contributed by atoms with van der Waals surface area (Å²) in [7, 11) is 0. The lowest BCUT2D eigenvalue weighted by Gasteiger charge is -2.35. The third kappa shape index (κ3) is 4.78. The van der Waals surface area contributed by atoms with Crippen molar-refractivity contribution in [3.63, 3.8) is 0 Å². The number of ether oxygens (including phenoxy) is 1. The fourth-order valence-corrected chi connectivity index (χ4v) is 4.27. The lowest BCUT2D eigenvalue weighted by atomic mass is 10.1. The number of aryl methyl sites for hydroxylation is 1. The molecule has 0 saturated heterocycles. The van der Waals surface area contributed by atoms with Crippen LogP contribution in [0.3, 0.4) is 0 Å². The molecule has 0 saturated carbocycles. The molecule has 6 nitrogen and oxygen atoms in total. The number of carbonyl (C=O) groups is 2. The number of nitriles is 1. The van der Waals surface area contributed by atoms with Gasteiger partial charge in [-0.3, -0.25) is 4.79 Å². The molecule has 1 aromatic heterocycles. The zero-order valence-corrected chi connectivity index (χ0v) is 18.4. The van der Waals surface area contributed by atoms with Gasteiger partial charge in [-0.2, -0.15) is 18.4 Å². The maximum atomic E-state index is 14.3. The van der Waals surface area contributed by atoms with E-state index in [9.17, 15) is 28.0 Å². The molecule has 0 aliphatic carbocycles. The second kappa shape index (κ2) is 9.58. The predicted molar refractivity (Wildman–Crippen MR) is 111 cm³/mol. The van der Waals surface area contributed by atoms with E-state index in [1.807, 2.05) is 6.07 Å². The Morgan fingerprint density at radius 2 is 1.90 bits per heavy atom. The highest BCUT2D eigenvalue weighted by Gasteiger charge is 2.64. The van der Waals surface area contributed by atoms with Gasteiger partial charge >= 0.3 is 17.8 Å². The van der Waals surface area contributed by atoms with Crippen molar-refractivity contribution in [2.45, 2.75) is 39.0 Å². The minimum Gasteiger partial charge on any atom is -0.463 e. The molecule has 0 spiro atoms. The Morgan fingerprint density at radius 1 is 1.26 bits per heavy atom. The van der Waals surface area contributed by atoms with Crippen LogP contribution in [0, 0.1) is 18.3 Å². The lowest BCUT2D eigenvalue weighted by molar-refractivity contribution is -0.204. The van der Waals surface area contributed by atoms with Crippen LogP contribution >= 0.6 is 22.9 Å². The molecule has 1 amide bonds. The van der Waals surface area contributed by atoms with E-state index in [1.54, 1.807) is 19.2 Å². The van der Waals surface area contributed by atoms with Gasteiger partial charge in [-0.05, 0) is 38.0 Å².